The van der Waals surface area contributed by atoms with Crippen LogP contribution in [0, 0.1) is 5.92 Å². The van der Waals surface area contributed by atoms with E-state index in [9.17, 15) is 0 Å². The number of benzene rings is 1. The van der Waals surface area contributed by atoms with Crippen molar-refractivity contribution in [1.82, 2.24) is 24.8 Å². The quantitative estimate of drug-likeness (QED) is 0.205. The molecule has 6 nitrogen and oxygen atoms in total. The van der Waals surface area contributed by atoms with Gasteiger partial charge in [-0.05, 0) is 43.0 Å². The van der Waals surface area contributed by atoms with E-state index in [0.29, 0.717) is 12.5 Å². The van der Waals surface area contributed by atoms with Crippen LogP contribution in [0.1, 0.15) is 18.9 Å². The van der Waals surface area contributed by atoms with Crippen LogP contribution >= 0.6 is 35.7 Å². The minimum Gasteiger partial charge on any atom is -0.357 e. The second-order valence-corrected chi connectivity index (χ2v) is 8.48. The number of halogens is 1. The van der Waals surface area contributed by atoms with Crippen LogP contribution < -0.4 is 5.32 Å². The summed E-state index contributed by atoms with van der Waals surface area (Å²) in [6, 6.07) is 14.8. The first kappa shape index (κ1) is 23.6. The molecular formula is C23H29IN6S. The average molecular weight is 548 g/mol. The molecule has 0 radical (unpaired) electrons. The number of hydrogen-bond acceptors (Lipinski definition) is 4. The van der Waals surface area contributed by atoms with Crippen molar-refractivity contribution < 1.29 is 0 Å². The SMILES string of the molecule is CCNC(=NCc1ccc(-n2ccnc2)nc1)N1CCC(CSc2ccccc2)C1.I. The number of guanidine groups is 1. The van der Waals surface area contributed by atoms with Gasteiger partial charge in [-0.1, -0.05) is 24.3 Å². The Bertz CT molecular complexity index is 930. The monoisotopic (exact) mass is 548 g/mol. The van der Waals surface area contributed by atoms with Gasteiger partial charge in [-0.3, -0.25) is 4.57 Å². The topological polar surface area (TPSA) is 58.3 Å². The zero-order valence-corrected chi connectivity index (χ0v) is 20.9. The van der Waals surface area contributed by atoms with Gasteiger partial charge < -0.3 is 10.2 Å². The molecule has 0 spiro atoms. The van der Waals surface area contributed by atoms with Gasteiger partial charge in [0.05, 0.1) is 6.54 Å². The van der Waals surface area contributed by atoms with Crippen LogP contribution in [0.25, 0.3) is 5.82 Å². The minimum absolute atomic E-state index is 0. The van der Waals surface area contributed by atoms with Gasteiger partial charge in [0.15, 0.2) is 5.96 Å². The lowest BCUT2D eigenvalue weighted by Gasteiger charge is -2.21. The van der Waals surface area contributed by atoms with E-state index in [-0.39, 0.29) is 24.0 Å². The number of nitrogens with zero attached hydrogens (tertiary/aromatic N) is 5. The van der Waals surface area contributed by atoms with Gasteiger partial charge in [-0.2, -0.15) is 0 Å². The molecule has 1 fully saturated rings. The van der Waals surface area contributed by atoms with E-state index < -0.39 is 0 Å². The molecule has 1 aliphatic heterocycles. The Kier molecular flexibility index (Phi) is 9.20. The van der Waals surface area contributed by atoms with Crippen molar-refractivity contribution in [3.05, 3.63) is 72.9 Å². The zero-order valence-electron chi connectivity index (χ0n) is 17.7. The van der Waals surface area contributed by atoms with E-state index in [2.05, 4.69) is 63.5 Å². The molecule has 0 bridgehead atoms. The first-order chi connectivity index (χ1) is 14.8. The maximum Gasteiger partial charge on any atom is 0.194 e. The highest BCUT2D eigenvalue weighted by molar-refractivity contribution is 14.0. The van der Waals surface area contributed by atoms with Gasteiger partial charge in [-0.25, -0.2) is 15.0 Å². The first-order valence-corrected chi connectivity index (χ1v) is 11.4. The molecule has 3 heterocycles. The van der Waals surface area contributed by atoms with E-state index in [1.807, 2.05) is 34.8 Å². The van der Waals surface area contributed by atoms with Crippen molar-refractivity contribution in [2.75, 3.05) is 25.4 Å². The van der Waals surface area contributed by atoms with E-state index in [0.717, 1.165) is 42.7 Å². The summed E-state index contributed by atoms with van der Waals surface area (Å²) in [5.74, 6) is 3.71. The molecule has 1 N–H and O–H groups in total. The van der Waals surface area contributed by atoms with E-state index in [1.165, 1.54) is 11.3 Å². The van der Waals surface area contributed by atoms with Crippen LogP contribution in [0.3, 0.4) is 0 Å². The average Bonchev–Trinajstić information content (AvgIpc) is 3.49. The van der Waals surface area contributed by atoms with E-state index in [1.54, 1.807) is 12.5 Å². The number of rotatable bonds is 7. The van der Waals surface area contributed by atoms with Crippen LogP contribution in [0.5, 0.6) is 0 Å². The second kappa shape index (κ2) is 12.1. The van der Waals surface area contributed by atoms with Crippen LogP contribution in [-0.4, -0.2) is 50.8 Å². The fourth-order valence-corrected chi connectivity index (χ4v) is 4.59. The molecule has 164 valence electrons. The lowest BCUT2D eigenvalue weighted by Crippen LogP contribution is -2.40. The van der Waals surface area contributed by atoms with Crippen molar-refractivity contribution >= 4 is 41.7 Å². The highest BCUT2D eigenvalue weighted by Gasteiger charge is 2.24. The Morgan fingerprint density at radius 2 is 2.10 bits per heavy atom. The molecule has 0 saturated carbocycles. The Balaban J connectivity index is 0.00000272. The molecule has 8 heteroatoms. The molecule has 3 aromatic rings. The predicted octanol–water partition coefficient (Wildman–Crippen LogP) is 4.47. The third kappa shape index (κ3) is 6.70. The summed E-state index contributed by atoms with van der Waals surface area (Å²) in [5, 5.41) is 3.46. The summed E-state index contributed by atoms with van der Waals surface area (Å²) in [7, 11) is 0. The van der Waals surface area contributed by atoms with E-state index >= 15 is 0 Å². The highest BCUT2D eigenvalue weighted by Crippen LogP contribution is 2.26. The van der Waals surface area contributed by atoms with Crippen LogP contribution in [0.2, 0.25) is 0 Å². The molecule has 0 aliphatic carbocycles. The number of imidazole rings is 1. The number of nitrogens with one attached hydrogen (secondary N) is 1. The molecule has 1 aromatic carbocycles. The third-order valence-electron chi connectivity index (χ3n) is 5.14. The second-order valence-electron chi connectivity index (χ2n) is 7.39. The predicted molar refractivity (Wildman–Crippen MR) is 138 cm³/mol. The Morgan fingerprint density at radius 3 is 2.81 bits per heavy atom. The van der Waals surface area contributed by atoms with E-state index in [4.69, 9.17) is 4.99 Å². The summed E-state index contributed by atoms with van der Waals surface area (Å²) >= 11 is 1.95. The Hall–Kier alpha value is -2.07. The lowest BCUT2D eigenvalue weighted by atomic mass is 10.2. The molecular weight excluding hydrogens is 519 g/mol. The summed E-state index contributed by atoms with van der Waals surface area (Å²) in [6.45, 7) is 5.74. The van der Waals surface area contributed by atoms with Gasteiger partial charge in [-0.15, -0.1) is 35.7 Å². The standard InChI is InChI=1S/C23H28N6S.HI/c1-2-25-23(27-15-19-8-9-22(26-14-19)29-13-11-24-18-29)28-12-10-20(16-28)17-30-21-6-4-3-5-7-21;/h3-9,11,13-14,18,20H,2,10,12,15-17H2,1H3,(H,25,27);1H. The molecule has 1 unspecified atom stereocenters. The summed E-state index contributed by atoms with van der Waals surface area (Å²) in [6.07, 6.45) is 8.51. The maximum absolute atomic E-state index is 4.88. The largest absolute Gasteiger partial charge is 0.357 e. The number of pyridine rings is 1. The maximum atomic E-state index is 4.88. The third-order valence-corrected chi connectivity index (χ3v) is 6.38. The molecule has 1 saturated heterocycles. The van der Waals surface area contributed by atoms with Crippen LogP contribution in [0.15, 0.2) is 77.3 Å². The molecule has 1 atom stereocenters. The molecule has 2 aromatic heterocycles. The Labute approximate surface area is 205 Å². The van der Waals surface area contributed by atoms with Crippen molar-refractivity contribution in [3.8, 4) is 5.82 Å². The number of thioether (sulfide) groups is 1. The highest BCUT2D eigenvalue weighted by atomic mass is 127. The fraction of sp³-hybridized carbons (Fsp3) is 0.348. The van der Waals surface area contributed by atoms with Gasteiger partial charge in [0.2, 0.25) is 0 Å². The van der Waals surface area contributed by atoms with Crippen molar-refractivity contribution in [1.29, 1.82) is 0 Å². The Morgan fingerprint density at radius 1 is 1.23 bits per heavy atom. The fourth-order valence-electron chi connectivity index (χ4n) is 3.54. The van der Waals surface area contributed by atoms with Gasteiger partial charge >= 0.3 is 0 Å². The number of aromatic nitrogens is 3. The lowest BCUT2D eigenvalue weighted by molar-refractivity contribution is 0.474. The van der Waals surface area contributed by atoms with Crippen LogP contribution in [-0.2, 0) is 6.54 Å². The van der Waals surface area contributed by atoms with Crippen molar-refractivity contribution in [2.45, 2.75) is 24.8 Å². The number of hydrogen-bond donors (Lipinski definition) is 1. The smallest absolute Gasteiger partial charge is 0.194 e. The first-order valence-electron chi connectivity index (χ1n) is 10.5. The normalized spacial score (nSPS) is 16.2. The summed E-state index contributed by atoms with van der Waals surface area (Å²) in [4.78, 5) is 17.2. The summed E-state index contributed by atoms with van der Waals surface area (Å²) in [5.41, 5.74) is 1.10. The van der Waals surface area contributed by atoms with Gasteiger partial charge in [0.1, 0.15) is 12.1 Å². The molecule has 4 rings (SSSR count). The molecule has 1 aliphatic rings. The molecule has 31 heavy (non-hydrogen) atoms. The van der Waals surface area contributed by atoms with Gasteiger partial charge in [0, 0.05) is 48.9 Å². The van der Waals surface area contributed by atoms with Crippen LogP contribution in [0.4, 0.5) is 0 Å². The zero-order chi connectivity index (χ0) is 20.6. The van der Waals surface area contributed by atoms with Crippen molar-refractivity contribution in [3.63, 3.8) is 0 Å². The summed E-state index contributed by atoms with van der Waals surface area (Å²) < 4.78 is 1.90. The number of likely N-dealkylation sites (tertiary alicyclic amines) is 1. The number of aliphatic imine (C=N–C) groups is 1. The van der Waals surface area contributed by atoms with Crippen molar-refractivity contribution in [2.24, 2.45) is 10.9 Å². The minimum atomic E-state index is 0. The molecule has 0 amide bonds. The van der Waals surface area contributed by atoms with Gasteiger partial charge in [0.25, 0.3) is 0 Å².